The molecule has 1 aromatic carbocycles. The number of aromatic nitrogens is 2. The molecule has 5 nitrogen and oxygen atoms in total. The molecule has 162 valence electrons. The Bertz CT molecular complexity index is 1020. The fraction of sp³-hybridized carbons (Fsp3) is 0.375. The van der Waals surface area contributed by atoms with Gasteiger partial charge in [-0.15, -0.1) is 11.3 Å². The standard InChI is InChI=1S/C24H26FN3O2S/c1-16-6-8-20(23-26-10-11-31-23)21(12-16)24(29)28-14-18(5-3-4-17(28)2)15-30-22-9-7-19(25)13-27-22/h6-13,17-18H,3-5,14-15H2,1-2H3. The zero-order valence-corrected chi connectivity index (χ0v) is 18.6. The van der Waals surface area contributed by atoms with Crippen LogP contribution in [-0.2, 0) is 0 Å². The third-order valence-corrected chi connectivity index (χ3v) is 6.52. The first-order valence-corrected chi connectivity index (χ1v) is 11.4. The molecule has 1 fully saturated rings. The van der Waals surface area contributed by atoms with Crippen LogP contribution in [0.4, 0.5) is 4.39 Å². The highest BCUT2D eigenvalue weighted by Crippen LogP contribution is 2.30. The number of likely N-dealkylation sites (tertiary alicyclic amines) is 1. The topological polar surface area (TPSA) is 55.3 Å². The molecule has 0 spiro atoms. The molecule has 4 rings (SSSR count). The van der Waals surface area contributed by atoms with E-state index in [2.05, 4.69) is 16.9 Å². The van der Waals surface area contributed by atoms with E-state index >= 15 is 0 Å². The van der Waals surface area contributed by atoms with Crippen LogP contribution in [0, 0.1) is 18.7 Å². The van der Waals surface area contributed by atoms with Crippen molar-refractivity contribution in [3.8, 4) is 16.5 Å². The van der Waals surface area contributed by atoms with Crippen LogP contribution in [0.3, 0.4) is 0 Å². The summed E-state index contributed by atoms with van der Waals surface area (Å²) in [6, 6.07) is 8.99. The van der Waals surface area contributed by atoms with E-state index in [1.807, 2.05) is 35.4 Å². The maximum atomic E-state index is 13.7. The highest BCUT2D eigenvalue weighted by Gasteiger charge is 2.30. The second-order valence-electron chi connectivity index (χ2n) is 8.12. The Kier molecular flexibility index (Phi) is 6.61. The predicted octanol–water partition coefficient (Wildman–Crippen LogP) is 5.36. The average Bonchev–Trinajstić information content (AvgIpc) is 3.23. The second-order valence-corrected chi connectivity index (χ2v) is 9.01. The van der Waals surface area contributed by atoms with Gasteiger partial charge in [0.2, 0.25) is 5.88 Å². The van der Waals surface area contributed by atoms with Crippen molar-refractivity contribution in [2.24, 2.45) is 5.92 Å². The summed E-state index contributed by atoms with van der Waals surface area (Å²) in [5.74, 6) is 0.241. The van der Waals surface area contributed by atoms with Gasteiger partial charge in [-0.25, -0.2) is 14.4 Å². The first kappa shape index (κ1) is 21.4. The molecule has 0 aliphatic carbocycles. The first-order valence-electron chi connectivity index (χ1n) is 10.6. The number of benzene rings is 1. The van der Waals surface area contributed by atoms with E-state index in [-0.39, 0.29) is 23.7 Å². The zero-order chi connectivity index (χ0) is 21.8. The van der Waals surface area contributed by atoms with Crippen molar-refractivity contribution in [1.29, 1.82) is 0 Å². The number of hydrogen-bond donors (Lipinski definition) is 0. The van der Waals surface area contributed by atoms with E-state index in [0.717, 1.165) is 41.6 Å². The lowest BCUT2D eigenvalue weighted by atomic mass is 10.0. The number of nitrogens with zero attached hydrogens (tertiary/aromatic N) is 3. The molecule has 3 aromatic rings. The number of hydrogen-bond acceptors (Lipinski definition) is 5. The highest BCUT2D eigenvalue weighted by molar-refractivity contribution is 7.13. The predicted molar refractivity (Wildman–Crippen MR) is 120 cm³/mol. The minimum Gasteiger partial charge on any atom is -0.477 e. The first-order chi connectivity index (χ1) is 15.0. The number of rotatable bonds is 5. The van der Waals surface area contributed by atoms with E-state index in [9.17, 15) is 9.18 Å². The van der Waals surface area contributed by atoms with Gasteiger partial charge in [-0.3, -0.25) is 4.79 Å². The Morgan fingerprint density at radius 2 is 2.13 bits per heavy atom. The van der Waals surface area contributed by atoms with Gasteiger partial charge in [-0.1, -0.05) is 24.1 Å². The molecule has 31 heavy (non-hydrogen) atoms. The fourth-order valence-corrected chi connectivity index (χ4v) is 4.69. The largest absolute Gasteiger partial charge is 0.477 e. The van der Waals surface area contributed by atoms with E-state index in [1.165, 1.54) is 23.5 Å². The lowest BCUT2D eigenvalue weighted by Gasteiger charge is -2.30. The normalized spacial score (nSPS) is 19.1. The number of amides is 1. The van der Waals surface area contributed by atoms with Crippen LogP contribution in [0.1, 0.15) is 42.1 Å². The molecular weight excluding hydrogens is 413 g/mol. The molecule has 0 radical (unpaired) electrons. The van der Waals surface area contributed by atoms with Crippen molar-refractivity contribution < 1.29 is 13.9 Å². The molecular formula is C24H26FN3O2S. The molecule has 1 aliphatic rings. The number of pyridine rings is 1. The second kappa shape index (κ2) is 9.56. The lowest BCUT2D eigenvalue weighted by Crippen LogP contribution is -2.41. The summed E-state index contributed by atoms with van der Waals surface area (Å²) in [7, 11) is 0. The van der Waals surface area contributed by atoms with Crippen molar-refractivity contribution in [2.45, 2.75) is 39.2 Å². The van der Waals surface area contributed by atoms with Gasteiger partial charge < -0.3 is 9.64 Å². The summed E-state index contributed by atoms with van der Waals surface area (Å²) in [5.41, 5.74) is 2.63. The Labute approximate surface area is 185 Å². The van der Waals surface area contributed by atoms with Crippen molar-refractivity contribution in [3.05, 3.63) is 65.0 Å². The van der Waals surface area contributed by atoms with Crippen LogP contribution < -0.4 is 4.74 Å². The number of thiazole rings is 1. The van der Waals surface area contributed by atoms with Crippen LogP contribution in [0.15, 0.2) is 48.1 Å². The van der Waals surface area contributed by atoms with Crippen LogP contribution in [-0.4, -0.2) is 40.0 Å². The van der Waals surface area contributed by atoms with E-state index in [4.69, 9.17) is 4.74 Å². The van der Waals surface area contributed by atoms with E-state index in [1.54, 1.807) is 6.20 Å². The summed E-state index contributed by atoms with van der Waals surface area (Å²) in [6.45, 7) is 5.18. The van der Waals surface area contributed by atoms with Gasteiger partial charge in [0, 0.05) is 41.7 Å². The molecule has 7 heteroatoms. The molecule has 0 bridgehead atoms. The minimum atomic E-state index is -0.387. The van der Waals surface area contributed by atoms with Crippen LogP contribution >= 0.6 is 11.3 Å². The molecule has 1 amide bonds. The van der Waals surface area contributed by atoms with Gasteiger partial charge in [0.25, 0.3) is 5.91 Å². The molecule has 1 aliphatic heterocycles. The molecule has 2 aromatic heterocycles. The third-order valence-electron chi connectivity index (χ3n) is 5.72. The molecule has 2 atom stereocenters. The Balaban J connectivity index is 1.54. The van der Waals surface area contributed by atoms with Gasteiger partial charge in [0.05, 0.1) is 18.4 Å². The Morgan fingerprint density at radius 1 is 1.26 bits per heavy atom. The fourth-order valence-electron chi connectivity index (χ4n) is 4.01. The summed E-state index contributed by atoms with van der Waals surface area (Å²) >= 11 is 1.54. The number of ether oxygens (including phenoxy) is 1. The molecule has 3 heterocycles. The SMILES string of the molecule is Cc1ccc(-c2nccs2)c(C(=O)N2CC(COc3ccc(F)cn3)CCCC2C)c1. The summed E-state index contributed by atoms with van der Waals surface area (Å²) in [4.78, 5) is 24.1. The summed E-state index contributed by atoms with van der Waals surface area (Å²) < 4.78 is 18.9. The van der Waals surface area contributed by atoms with Gasteiger partial charge in [0.1, 0.15) is 10.8 Å². The van der Waals surface area contributed by atoms with Gasteiger partial charge >= 0.3 is 0 Å². The number of halogens is 1. The highest BCUT2D eigenvalue weighted by atomic mass is 32.1. The van der Waals surface area contributed by atoms with Crippen molar-refractivity contribution in [2.75, 3.05) is 13.2 Å². The van der Waals surface area contributed by atoms with Gasteiger partial charge in [-0.05, 0) is 38.8 Å². The van der Waals surface area contributed by atoms with E-state index in [0.29, 0.717) is 24.6 Å². The molecule has 2 unspecified atom stereocenters. The third kappa shape index (κ3) is 5.10. The van der Waals surface area contributed by atoms with Crippen molar-refractivity contribution in [3.63, 3.8) is 0 Å². The quantitative estimate of drug-likeness (QED) is 0.537. The monoisotopic (exact) mass is 439 g/mol. The summed E-state index contributed by atoms with van der Waals surface area (Å²) in [6.07, 6.45) is 5.87. The Morgan fingerprint density at radius 3 is 2.87 bits per heavy atom. The van der Waals surface area contributed by atoms with Crippen LogP contribution in [0.5, 0.6) is 5.88 Å². The van der Waals surface area contributed by atoms with Crippen molar-refractivity contribution >= 4 is 17.2 Å². The van der Waals surface area contributed by atoms with Gasteiger partial charge in [-0.2, -0.15) is 0 Å². The number of carbonyl (C=O) groups excluding carboxylic acids is 1. The smallest absolute Gasteiger partial charge is 0.254 e. The Hall–Kier alpha value is -2.80. The summed E-state index contributed by atoms with van der Waals surface area (Å²) in [5, 5.41) is 2.78. The lowest BCUT2D eigenvalue weighted by molar-refractivity contribution is 0.0654. The number of carbonyl (C=O) groups is 1. The maximum Gasteiger partial charge on any atom is 0.254 e. The zero-order valence-electron chi connectivity index (χ0n) is 17.8. The molecule has 0 N–H and O–H groups in total. The molecule has 0 saturated carbocycles. The van der Waals surface area contributed by atoms with Crippen LogP contribution in [0.2, 0.25) is 0 Å². The van der Waals surface area contributed by atoms with Gasteiger partial charge in [0.15, 0.2) is 0 Å². The van der Waals surface area contributed by atoms with Crippen molar-refractivity contribution in [1.82, 2.24) is 14.9 Å². The minimum absolute atomic E-state index is 0.0354. The number of aryl methyl sites for hydroxylation is 1. The van der Waals surface area contributed by atoms with Crippen LogP contribution in [0.25, 0.3) is 10.6 Å². The molecule has 1 saturated heterocycles. The average molecular weight is 440 g/mol. The van der Waals surface area contributed by atoms with E-state index < -0.39 is 0 Å². The maximum absolute atomic E-state index is 13.7.